The molecule has 4 aromatic carbocycles. The molecule has 41 heavy (non-hydrogen) atoms. The van der Waals surface area contributed by atoms with Crippen molar-refractivity contribution in [1.29, 1.82) is 0 Å². The lowest BCUT2D eigenvalue weighted by Gasteiger charge is -2.06. The molecular formula is C34H33BrO6. The van der Waals surface area contributed by atoms with Crippen LogP contribution in [0.1, 0.15) is 22.3 Å². The molecule has 4 aromatic rings. The van der Waals surface area contributed by atoms with E-state index in [1.165, 1.54) is 29.3 Å². The van der Waals surface area contributed by atoms with Gasteiger partial charge in [-0.05, 0) is 65.1 Å². The first-order valence-corrected chi connectivity index (χ1v) is 14.0. The second kappa shape index (κ2) is 19.4. The molecule has 0 spiro atoms. The molecule has 0 aliphatic carbocycles. The van der Waals surface area contributed by atoms with Gasteiger partial charge >= 0.3 is 11.9 Å². The summed E-state index contributed by atoms with van der Waals surface area (Å²) in [6, 6.07) is 34.2. The Morgan fingerprint density at radius 1 is 0.634 bits per heavy atom. The lowest BCUT2D eigenvalue weighted by Crippen LogP contribution is -2.00. The van der Waals surface area contributed by atoms with Gasteiger partial charge in [0.25, 0.3) is 0 Å². The Morgan fingerprint density at radius 2 is 1.07 bits per heavy atom. The number of benzene rings is 4. The van der Waals surface area contributed by atoms with E-state index in [1.807, 2.05) is 48.5 Å². The lowest BCUT2D eigenvalue weighted by atomic mass is 10.2. The standard InChI is InChI=1S/C17H16O3.C9H8O3.C8H9Br/c18-17(19)11-8-15-6-9-16(10-7-15)20-13-12-14-4-2-1-3-5-14;10-8-4-1-7(2-5-8)3-6-9(11)12;9-7-6-8-4-2-1-3-5-8/h1-11H,12-13H2,(H,18,19);1-6,10H,(H,11,12);1-5H,6-7H2/b11-8+;6-3+;. The number of aliphatic carboxylic acids is 2. The third kappa shape index (κ3) is 15.5. The molecule has 0 bridgehead atoms. The van der Waals surface area contributed by atoms with Crippen LogP contribution in [0.4, 0.5) is 0 Å². The van der Waals surface area contributed by atoms with Gasteiger partial charge in [-0.3, -0.25) is 0 Å². The predicted molar refractivity (Wildman–Crippen MR) is 167 cm³/mol. The fraction of sp³-hybridized carbons (Fsp3) is 0.118. The van der Waals surface area contributed by atoms with Crippen molar-refractivity contribution in [1.82, 2.24) is 0 Å². The Hall–Kier alpha value is -4.62. The Kier molecular flexibility index (Phi) is 15.5. The summed E-state index contributed by atoms with van der Waals surface area (Å²) in [5, 5.41) is 26.8. The minimum Gasteiger partial charge on any atom is -0.508 e. The van der Waals surface area contributed by atoms with Gasteiger partial charge in [-0.15, -0.1) is 0 Å². The fourth-order valence-corrected chi connectivity index (χ4v) is 3.74. The number of rotatable bonds is 10. The normalized spacial score (nSPS) is 10.3. The van der Waals surface area contributed by atoms with E-state index in [-0.39, 0.29) is 5.75 Å². The van der Waals surface area contributed by atoms with Crippen LogP contribution in [0.3, 0.4) is 0 Å². The smallest absolute Gasteiger partial charge is 0.328 e. The molecule has 0 radical (unpaired) electrons. The highest BCUT2D eigenvalue weighted by Crippen LogP contribution is 2.14. The van der Waals surface area contributed by atoms with Crippen LogP contribution in [-0.4, -0.2) is 39.2 Å². The van der Waals surface area contributed by atoms with Gasteiger partial charge in [0, 0.05) is 23.9 Å². The molecule has 3 N–H and O–H groups in total. The quantitative estimate of drug-likeness (QED) is 0.126. The van der Waals surface area contributed by atoms with Gasteiger partial charge in [0.05, 0.1) is 6.61 Å². The van der Waals surface area contributed by atoms with Crippen molar-refractivity contribution in [2.45, 2.75) is 12.8 Å². The number of carbonyl (C=O) groups is 2. The summed E-state index contributed by atoms with van der Waals surface area (Å²) in [6.07, 6.45) is 7.16. The molecule has 4 rings (SSSR count). The van der Waals surface area contributed by atoms with Gasteiger partial charge in [0.1, 0.15) is 11.5 Å². The molecule has 0 saturated heterocycles. The summed E-state index contributed by atoms with van der Waals surface area (Å²) in [6.45, 7) is 0.619. The number of alkyl halides is 1. The summed E-state index contributed by atoms with van der Waals surface area (Å²) in [7, 11) is 0. The van der Waals surface area contributed by atoms with Crippen LogP contribution in [0.25, 0.3) is 12.2 Å². The Morgan fingerprint density at radius 3 is 1.51 bits per heavy atom. The van der Waals surface area contributed by atoms with E-state index >= 15 is 0 Å². The maximum Gasteiger partial charge on any atom is 0.328 e. The molecule has 7 heteroatoms. The van der Waals surface area contributed by atoms with Gasteiger partial charge in [0.2, 0.25) is 0 Å². The van der Waals surface area contributed by atoms with Gasteiger partial charge in [-0.2, -0.15) is 0 Å². The number of carboxylic acids is 2. The monoisotopic (exact) mass is 616 g/mol. The zero-order chi connectivity index (χ0) is 29.7. The molecule has 0 amide bonds. The van der Waals surface area contributed by atoms with E-state index in [1.54, 1.807) is 18.2 Å². The van der Waals surface area contributed by atoms with E-state index in [2.05, 4.69) is 52.3 Å². The highest BCUT2D eigenvalue weighted by atomic mass is 79.9. The molecule has 0 atom stereocenters. The van der Waals surface area contributed by atoms with E-state index in [9.17, 15) is 9.59 Å². The lowest BCUT2D eigenvalue weighted by molar-refractivity contribution is -0.132. The number of aromatic hydroxyl groups is 1. The molecule has 0 aliphatic heterocycles. The number of hydrogen-bond donors (Lipinski definition) is 3. The first-order valence-electron chi connectivity index (χ1n) is 12.8. The van der Waals surface area contributed by atoms with Gasteiger partial charge in [0.15, 0.2) is 0 Å². The molecule has 0 heterocycles. The highest BCUT2D eigenvalue weighted by molar-refractivity contribution is 9.09. The number of phenolic OH excluding ortho intramolecular Hbond substituents is 1. The van der Waals surface area contributed by atoms with Crippen molar-refractivity contribution in [3.63, 3.8) is 0 Å². The van der Waals surface area contributed by atoms with Gasteiger partial charge in [-0.1, -0.05) is 101 Å². The highest BCUT2D eigenvalue weighted by Gasteiger charge is 1.96. The van der Waals surface area contributed by atoms with Crippen LogP contribution in [0.15, 0.2) is 121 Å². The minimum atomic E-state index is -0.983. The first kappa shape index (κ1) is 32.6. The topological polar surface area (TPSA) is 104 Å². The van der Waals surface area contributed by atoms with E-state index in [4.69, 9.17) is 20.1 Å². The summed E-state index contributed by atoms with van der Waals surface area (Å²) in [5.74, 6) is -0.979. The summed E-state index contributed by atoms with van der Waals surface area (Å²) in [5.41, 5.74) is 4.22. The summed E-state index contributed by atoms with van der Waals surface area (Å²) in [4.78, 5) is 20.5. The van der Waals surface area contributed by atoms with Crippen molar-refractivity contribution in [2.75, 3.05) is 11.9 Å². The third-order valence-electron chi connectivity index (χ3n) is 5.34. The molecule has 212 valence electrons. The van der Waals surface area contributed by atoms with E-state index in [0.717, 1.165) is 47.2 Å². The van der Waals surface area contributed by atoms with Crippen LogP contribution < -0.4 is 4.74 Å². The number of halogens is 1. The molecule has 0 unspecified atom stereocenters. The minimum absolute atomic E-state index is 0.169. The molecular weight excluding hydrogens is 584 g/mol. The number of phenols is 1. The van der Waals surface area contributed by atoms with Crippen LogP contribution in [0, 0.1) is 0 Å². The number of hydrogen-bond acceptors (Lipinski definition) is 4. The average molecular weight is 618 g/mol. The summed E-state index contributed by atoms with van der Waals surface area (Å²) < 4.78 is 5.65. The SMILES string of the molecule is BrCCc1ccccc1.O=C(O)/C=C/c1ccc(O)cc1.O=C(O)/C=C/c1ccc(OCCc2ccccc2)cc1. The maximum absolute atomic E-state index is 10.4. The van der Waals surface area contributed by atoms with Crippen molar-refractivity contribution in [3.05, 3.63) is 144 Å². The second-order valence-corrected chi connectivity index (χ2v) is 9.31. The van der Waals surface area contributed by atoms with Crippen molar-refractivity contribution in [3.8, 4) is 11.5 Å². The maximum atomic E-state index is 10.4. The number of carboxylic acid groups (broad SMARTS) is 2. The van der Waals surface area contributed by atoms with Gasteiger partial charge in [-0.25, -0.2) is 9.59 Å². The Labute approximate surface area is 249 Å². The zero-order valence-corrected chi connectivity index (χ0v) is 24.1. The zero-order valence-electron chi connectivity index (χ0n) is 22.5. The third-order valence-corrected chi connectivity index (χ3v) is 5.73. The van der Waals surface area contributed by atoms with Crippen molar-refractivity contribution < 1.29 is 29.6 Å². The molecule has 0 aromatic heterocycles. The average Bonchev–Trinajstić information content (AvgIpc) is 2.98. The number of aryl methyl sites for hydroxylation is 1. The van der Waals surface area contributed by atoms with Crippen LogP contribution >= 0.6 is 15.9 Å². The van der Waals surface area contributed by atoms with E-state index in [0.29, 0.717) is 6.61 Å². The van der Waals surface area contributed by atoms with Crippen LogP contribution in [0.2, 0.25) is 0 Å². The predicted octanol–water partition coefficient (Wildman–Crippen LogP) is 7.52. The largest absolute Gasteiger partial charge is 0.508 e. The van der Waals surface area contributed by atoms with Crippen molar-refractivity contribution >= 4 is 40.0 Å². The molecule has 0 fully saturated rings. The fourth-order valence-electron chi connectivity index (χ4n) is 3.28. The molecule has 0 aliphatic rings. The second-order valence-electron chi connectivity index (χ2n) is 8.51. The summed E-state index contributed by atoms with van der Waals surface area (Å²) >= 11 is 3.39. The molecule has 0 saturated carbocycles. The van der Waals surface area contributed by atoms with E-state index < -0.39 is 11.9 Å². The Bertz CT molecular complexity index is 1350. The van der Waals surface area contributed by atoms with Gasteiger partial charge < -0.3 is 20.1 Å². The molecule has 6 nitrogen and oxygen atoms in total. The number of ether oxygens (including phenoxy) is 1. The Balaban J connectivity index is 0.000000237. The first-order chi connectivity index (χ1) is 19.9. The van der Waals surface area contributed by atoms with Crippen LogP contribution in [0.5, 0.6) is 11.5 Å². The van der Waals surface area contributed by atoms with Crippen LogP contribution in [-0.2, 0) is 22.4 Å². The van der Waals surface area contributed by atoms with Crippen molar-refractivity contribution in [2.24, 2.45) is 0 Å².